The van der Waals surface area contributed by atoms with Crippen molar-refractivity contribution in [1.82, 2.24) is 15.0 Å². The molecule has 5 rings (SSSR count). The largest absolute Gasteiger partial charge is 0.467 e. The number of aromatic nitrogens is 3. The molecule has 0 aliphatic carbocycles. The van der Waals surface area contributed by atoms with E-state index in [0.29, 0.717) is 32.7 Å². The minimum Gasteiger partial charge on any atom is -0.467 e. The molecule has 1 atom stereocenters. The Kier molecular flexibility index (Phi) is 6.83. The van der Waals surface area contributed by atoms with Crippen LogP contribution in [0, 0.1) is 5.92 Å². The van der Waals surface area contributed by atoms with E-state index in [0.717, 1.165) is 38.4 Å². The first-order chi connectivity index (χ1) is 17.3. The van der Waals surface area contributed by atoms with Crippen LogP contribution in [-0.2, 0) is 12.6 Å². The summed E-state index contributed by atoms with van der Waals surface area (Å²) in [5.41, 5.74) is 3.47. The summed E-state index contributed by atoms with van der Waals surface area (Å²) < 4.78 is 44.6. The Morgan fingerprint density at radius 2 is 1.78 bits per heavy atom. The molecule has 1 aliphatic heterocycles. The van der Waals surface area contributed by atoms with Gasteiger partial charge in [0.2, 0.25) is 0 Å². The first-order valence-electron chi connectivity index (χ1n) is 12.1. The minimum absolute atomic E-state index is 0.0220. The zero-order valence-electron chi connectivity index (χ0n) is 20.1. The van der Waals surface area contributed by atoms with Gasteiger partial charge < -0.3 is 9.64 Å². The molecule has 188 valence electrons. The molecule has 1 saturated heterocycles. The lowest BCUT2D eigenvalue weighted by atomic mass is 9.91. The predicted octanol–water partition coefficient (Wildman–Crippen LogP) is 7.02. The van der Waals surface area contributed by atoms with Crippen molar-refractivity contribution in [3.63, 3.8) is 0 Å². The van der Waals surface area contributed by atoms with Gasteiger partial charge in [-0.1, -0.05) is 30.4 Å². The number of thiazole rings is 1. The summed E-state index contributed by atoms with van der Waals surface area (Å²) in [6.07, 6.45) is -0.106. The predicted molar refractivity (Wildman–Crippen MR) is 136 cm³/mol. The highest BCUT2D eigenvalue weighted by atomic mass is 32.1. The summed E-state index contributed by atoms with van der Waals surface area (Å²) in [6, 6.07) is 14.7. The summed E-state index contributed by atoms with van der Waals surface area (Å²) in [4.78, 5) is 15.8. The smallest absolute Gasteiger partial charge is 0.433 e. The van der Waals surface area contributed by atoms with Crippen LogP contribution < -0.4 is 9.64 Å². The summed E-state index contributed by atoms with van der Waals surface area (Å²) in [5, 5.41) is 0.560. The van der Waals surface area contributed by atoms with Crippen molar-refractivity contribution in [2.75, 3.05) is 18.0 Å². The molecule has 4 aromatic rings. The molecule has 0 unspecified atom stereocenters. The van der Waals surface area contributed by atoms with Crippen molar-refractivity contribution in [1.29, 1.82) is 0 Å². The first kappa shape index (κ1) is 24.5. The maximum absolute atomic E-state index is 12.8. The molecule has 0 saturated carbocycles. The third-order valence-electron chi connectivity index (χ3n) is 6.79. The molecule has 1 aromatic carbocycles. The van der Waals surface area contributed by atoms with E-state index in [4.69, 9.17) is 4.74 Å². The molecule has 0 amide bonds. The van der Waals surface area contributed by atoms with E-state index in [-0.39, 0.29) is 6.10 Å². The number of hydrogen-bond donors (Lipinski definition) is 0. The third kappa shape index (κ3) is 5.31. The highest BCUT2D eigenvalue weighted by Crippen LogP contribution is 2.33. The van der Waals surface area contributed by atoms with E-state index in [9.17, 15) is 13.2 Å². The molecule has 5 nitrogen and oxygen atoms in total. The summed E-state index contributed by atoms with van der Waals surface area (Å²) in [6.45, 7) is 6.25. The van der Waals surface area contributed by atoms with E-state index in [1.165, 1.54) is 34.9 Å². The van der Waals surface area contributed by atoms with Crippen LogP contribution in [0.25, 0.3) is 21.6 Å². The van der Waals surface area contributed by atoms with Gasteiger partial charge in [0.05, 0.1) is 5.69 Å². The fourth-order valence-corrected chi connectivity index (χ4v) is 5.42. The van der Waals surface area contributed by atoms with Crippen LogP contribution in [0.15, 0.2) is 54.7 Å². The molecule has 1 fully saturated rings. The zero-order chi connectivity index (χ0) is 25.3. The summed E-state index contributed by atoms with van der Waals surface area (Å²) in [7, 11) is 0. The topological polar surface area (TPSA) is 51.1 Å². The molecule has 0 radical (unpaired) electrons. The van der Waals surface area contributed by atoms with E-state index in [1.807, 2.05) is 6.07 Å². The Morgan fingerprint density at radius 1 is 1.03 bits per heavy atom. The van der Waals surface area contributed by atoms with Crippen LogP contribution in [0.4, 0.5) is 18.9 Å². The van der Waals surface area contributed by atoms with Gasteiger partial charge in [0, 0.05) is 30.5 Å². The number of alkyl halides is 3. The number of benzene rings is 1. The van der Waals surface area contributed by atoms with Gasteiger partial charge in [0.1, 0.15) is 22.1 Å². The fraction of sp³-hybridized carbons (Fsp3) is 0.370. The van der Waals surface area contributed by atoms with Gasteiger partial charge in [-0.15, -0.1) is 0 Å². The second-order valence-electron chi connectivity index (χ2n) is 9.10. The van der Waals surface area contributed by atoms with Gasteiger partial charge in [-0.3, -0.25) is 4.98 Å². The van der Waals surface area contributed by atoms with Gasteiger partial charge in [0.25, 0.3) is 5.19 Å². The number of fused-ring (bicyclic) bond motifs is 1. The van der Waals surface area contributed by atoms with Gasteiger partial charge in [-0.25, -0.2) is 9.97 Å². The van der Waals surface area contributed by atoms with Crippen LogP contribution in [0.3, 0.4) is 0 Å². The number of aryl methyl sites for hydroxylation is 1. The number of anilines is 1. The molecule has 0 spiro atoms. The minimum atomic E-state index is -4.46. The summed E-state index contributed by atoms with van der Waals surface area (Å²) >= 11 is 1.35. The Hall–Kier alpha value is -3.20. The van der Waals surface area contributed by atoms with Crippen molar-refractivity contribution >= 4 is 27.4 Å². The first-order valence-corrected chi connectivity index (χ1v) is 12.9. The van der Waals surface area contributed by atoms with Gasteiger partial charge in [-0.2, -0.15) is 13.2 Å². The third-order valence-corrected chi connectivity index (χ3v) is 7.64. The van der Waals surface area contributed by atoms with Gasteiger partial charge in [0.15, 0.2) is 0 Å². The Labute approximate surface area is 212 Å². The molecule has 9 heteroatoms. The number of pyridine rings is 2. The standard InChI is InChI=1S/C27H27F3N4OS/c1-3-18-4-7-21(8-5-18)34-14-12-19(13-15-34)17(2)35-26-33-23-10-9-22(32-25(23)36-26)20-6-11-24(31-16-20)27(28,29)30/h4-11,16-17,19H,3,12-15H2,1-2H3/t17-/m0/s1. The molecule has 3 aromatic heterocycles. The number of rotatable bonds is 6. The van der Waals surface area contributed by atoms with Gasteiger partial charge >= 0.3 is 6.18 Å². The van der Waals surface area contributed by atoms with E-state index in [1.54, 1.807) is 6.07 Å². The monoisotopic (exact) mass is 512 g/mol. The summed E-state index contributed by atoms with van der Waals surface area (Å²) in [5.74, 6) is 0.435. The van der Waals surface area contributed by atoms with Crippen molar-refractivity contribution in [3.05, 3.63) is 66.0 Å². The quantitative estimate of drug-likeness (QED) is 0.278. The highest BCUT2D eigenvalue weighted by Gasteiger charge is 2.32. The van der Waals surface area contributed by atoms with Crippen LogP contribution in [0.1, 0.15) is 37.9 Å². The lowest BCUT2D eigenvalue weighted by Gasteiger charge is -2.35. The molecule has 0 N–H and O–H groups in total. The fourth-order valence-electron chi connectivity index (χ4n) is 4.55. The van der Waals surface area contributed by atoms with Crippen LogP contribution in [0.5, 0.6) is 5.19 Å². The second kappa shape index (κ2) is 10.0. The number of ether oxygens (including phenoxy) is 1. The van der Waals surface area contributed by atoms with Crippen molar-refractivity contribution < 1.29 is 17.9 Å². The normalized spacial score (nSPS) is 15.9. The SMILES string of the molecule is CCc1ccc(N2CCC([C@H](C)Oc3nc4ccc(-c5ccc(C(F)(F)F)nc5)nc4s3)CC2)cc1. The van der Waals surface area contributed by atoms with Crippen molar-refractivity contribution in [3.8, 4) is 16.5 Å². The number of nitrogens with zero attached hydrogens (tertiary/aromatic N) is 4. The average molecular weight is 513 g/mol. The van der Waals surface area contributed by atoms with Crippen LogP contribution in [-0.4, -0.2) is 34.1 Å². The van der Waals surface area contributed by atoms with E-state index >= 15 is 0 Å². The van der Waals surface area contributed by atoms with Crippen LogP contribution in [0.2, 0.25) is 0 Å². The molecule has 4 heterocycles. The molecular weight excluding hydrogens is 485 g/mol. The Balaban J connectivity index is 1.22. The van der Waals surface area contributed by atoms with Crippen LogP contribution >= 0.6 is 11.3 Å². The van der Waals surface area contributed by atoms with E-state index in [2.05, 4.69) is 58.0 Å². The number of piperidine rings is 1. The molecule has 1 aliphatic rings. The van der Waals surface area contributed by atoms with E-state index < -0.39 is 11.9 Å². The van der Waals surface area contributed by atoms with Gasteiger partial charge in [-0.05, 0) is 74.1 Å². The number of halogens is 3. The second-order valence-corrected chi connectivity index (χ2v) is 10.0. The average Bonchev–Trinajstić information content (AvgIpc) is 3.30. The lowest BCUT2D eigenvalue weighted by molar-refractivity contribution is -0.141. The Bertz CT molecular complexity index is 1310. The number of hydrogen-bond acceptors (Lipinski definition) is 6. The maximum Gasteiger partial charge on any atom is 0.433 e. The Morgan fingerprint density at radius 3 is 2.42 bits per heavy atom. The zero-order valence-corrected chi connectivity index (χ0v) is 20.9. The highest BCUT2D eigenvalue weighted by molar-refractivity contribution is 7.19. The van der Waals surface area contributed by atoms with Crippen molar-refractivity contribution in [2.45, 2.75) is 45.4 Å². The molecular formula is C27H27F3N4OS. The van der Waals surface area contributed by atoms with Crippen molar-refractivity contribution in [2.24, 2.45) is 5.92 Å². The maximum atomic E-state index is 12.8. The molecule has 36 heavy (non-hydrogen) atoms. The lowest BCUT2D eigenvalue weighted by Crippen LogP contribution is -2.38. The molecule has 0 bridgehead atoms.